The average molecular weight is 448 g/mol. The molecular formula is C22H34NOSiZr. The SMILES string of the molecule is CCCCc1ccc(C(=O)[NH][Zr+2])c(C2=C(C)C(C)=C(C)C2C)c1[SiH](C)C.[H-].[H-]. The molecule has 1 aliphatic rings. The van der Waals surface area contributed by atoms with Crippen LogP contribution in [0, 0.1) is 5.92 Å². The molecule has 1 atom stereocenters. The molecule has 0 bridgehead atoms. The van der Waals surface area contributed by atoms with Crippen molar-refractivity contribution in [2.75, 3.05) is 0 Å². The zero-order valence-corrected chi connectivity index (χ0v) is 21.0. The number of rotatable bonds is 6. The number of hydrogen-bond acceptors (Lipinski definition) is 1. The molecule has 0 aromatic heterocycles. The standard InChI is InChI=1S/C22H33NOSi.Zr.2H/c1-8-9-10-17-11-12-18(22(23)24)20(21(17)25(6)7)19-15(4)13(2)14(3)16(19)5;;;/h11-12,15,25H,8-10H2,1-7H3,(H2,23,24);;;/q;+3;2*-1/p-1. The Morgan fingerprint density at radius 1 is 1.23 bits per heavy atom. The van der Waals surface area contributed by atoms with Crippen LogP contribution in [0.25, 0.3) is 5.57 Å². The van der Waals surface area contributed by atoms with Crippen molar-refractivity contribution in [3.63, 3.8) is 0 Å². The molecule has 141 valence electrons. The molecule has 0 saturated heterocycles. The largest absolute Gasteiger partial charge is 1.00 e. The van der Waals surface area contributed by atoms with Gasteiger partial charge in [0.1, 0.15) is 0 Å². The van der Waals surface area contributed by atoms with Crippen molar-refractivity contribution in [1.82, 2.24) is 3.26 Å². The molecule has 1 amide bonds. The molecule has 0 spiro atoms. The van der Waals surface area contributed by atoms with Gasteiger partial charge in [0.15, 0.2) is 0 Å². The molecule has 2 nitrogen and oxygen atoms in total. The zero-order valence-electron chi connectivity index (χ0n) is 19.3. The van der Waals surface area contributed by atoms with Gasteiger partial charge in [-0.05, 0) is 0 Å². The van der Waals surface area contributed by atoms with Gasteiger partial charge in [0.05, 0.1) is 0 Å². The van der Waals surface area contributed by atoms with Crippen LogP contribution in [0.2, 0.25) is 13.1 Å². The van der Waals surface area contributed by atoms with Crippen LogP contribution < -0.4 is 8.45 Å². The predicted octanol–water partition coefficient (Wildman–Crippen LogP) is 4.90. The van der Waals surface area contributed by atoms with Crippen LogP contribution in [-0.4, -0.2) is 14.7 Å². The first-order valence-corrected chi connectivity index (χ1v) is 13.9. The van der Waals surface area contributed by atoms with Gasteiger partial charge in [-0.3, -0.25) is 0 Å². The van der Waals surface area contributed by atoms with Crippen LogP contribution in [0.3, 0.4) is 0 Å². The van der Waals surface area contributed by atoms with E-state index in [4.69, 9.17) is 0 Å². The first-order valence-electron chi connectivity index (χ1n) is 9.77. The number of aryl methyl sites for hydroxylation is 1. The van der Waals surface area contributed by atoms with Crippen molar-refractivity contribution in [1.29, 1.82) is 0 Å². The van der Waals surface area contributed by atoms with E-state index in [1.165, 1.54) is 51.4 Å². The summed E-state index contributed by atoms with van der Waals surface area (Å²) in [5.74, 6) is 0.463. The Kier molecular flexibility index (Phi) is 7.44. The van der Waals surface area contributed by atoms with Crippen molar-refractivity contribution in [2.24, 2.45) is 5.92 Å². The molecule has 1 aromatic carbocycles. The van der Waals surface area contributed by atoms with Gasteiger partial charge in [0, 0.05) is 0 Å². The number of unbranched alkanes of at least 4 members (excludes halogenated alkanes) is 1. The number of carbonyl (C=O) groups is 1. The van der Waals surface area contributed by atoms with E-state index in [1.807, 2.05) is 0 Å². The third-order valence-corrected chi connectivity index (χ3v) is 8.35. The van der Waals surface area contributed by atoms with Gasteiger partial charge in [-0.15, -0.1) is 0 Å². The molecule has 26 heavy (non-hydrogen) atoms. The first-order chi connectivity index (χ1) is 12.3. The second kappa shape index (κ2) is 8.97. The summed E-state index contributed by atoms with van der Waals surface area (Å²) in [6.45, 7) is 16.1. The predicted molar refractivity (Wildman–Crippen MR) is 113 cm³/mol. The van der Waals surface area contributed by atoms with Gasteiger partial charge in [0.25, 0.3) is 0 Å². The van der Waals surface area contributed by atoms with E-state index >= 15 is 0 Å². The molecule has 0 fully saturated rings. The number of allylic oxidation sites excluding steroid dienone is 4. The van der Waals surface area contributed by atoms with Crippen molar-refractivity contribution >= 4 is 25.5 Å². The maximum absolute atomic E-state index is 12.8. The van der Waals surface area contributed by atoms with Gasteiger partial charge in [-0.2, -0.15) is 0 Å². The summed E-state index contributed by atoms with van der Waals surface area (Å²) in [4.78, 5) is 12.8. The molecule has 0 aliphatic heterocycles. The molecule has 2 rings (SSSR count). The maximum Gasteiger partial charge on any atom is -1.00 e. The van der Waals surface area contributed by atoms with E-state index in [9.17, 15) is 4.79 Å². The zero-order chi connectivity index (χ0) is 19.6. The summed E-state index contributed by atoms with van der Waals surface area (Å²) in [6, 6.07) is 4.31. The first kappa shape index (κ1) is 21.6. The monoisotopic (exact) mass is 446 g/mol. The van der Waals surface area contributed by atoms with E-state index < -0.39 is 8.80 Å². The third kappa shape index (κ3) is 3.92. The van der Waals surface area contributed by atoms with E-state index in [1.54, 1.807) is 0 Å². The van der Waals surface area contributed by atoms with E-state index in [2.05, 4.69) is 63.1 Å². The minimum Gasteiger partial charge on any atom is -1.00 e. The summed E-state index contributed by atoms with van der Waals surface area (Å²) in [6.07, 6.45) is 3.53. The van der Waals surface area contributed by atoms with Crippen LogP contribution in [-0.2, 0) is 31.4 Å². The molecule has 1 N–H and O–H groups in total. The van der Waals surface area contributed by atoms with Crippen LogP contribution in [0.15, 0.2) is 28.9 Å². The second-order valence-electron chi connectivity index (χ2n) is 7.84. The minimum absolute atomic E-state index is 0. The van der Waals surface area contributed by atoms with Crippen LogP contribution in [0.1, 0.15) is 71.8 Å². The molecule has 1 unspecified atom stereocenters. The number of nitrogens with one attached hydrogen (secondary N) is 1. The fourth-order valence-electron chi connectivity index (χ4n) is 4.22. The van der Waals surface area contributed by atoms with Crippen LogP contribution in [0.4, 0.5) is 0 Å². The minimum atomic E-state index is -1.11. The Morgan fingerprint density at radius 2 is 1.88 bits per heavy atom. The molecule has 4 heteroatoms. The summed E-state index contributed by atoms with van der Waals surface area (Å²) < 4.78 is 2.96. The van der Waals surface area contributed by atoms with Gasteiger partial charge < -0.3 is 2.85 Å². The number of hydrogen-bond donors (Lipinski definition) is 1. The smallest absolute Gasteiger partial charge is 1.00 e. The summed E-state index contributed by atoms with van der Waals surface area (Å²) >= 11 is 1.05. The van der Waals surface area contributed by atoms with Crippen LogP contribution in [0.5, 0.6) is 0 Å². The summed E-state index contributed by atoms with van der Waals surface area (Å²) in [7, 11) is -1.11. The number of carbonyl (C=O) groups excluding carboxylic acids is 1. The number of benzene rings is 1. The third-order valence-electron chi connectivity index (χ3n) is 5.98. The quantitative estimate of drug-likeness (QED) is 0.618. The number of amides is 1. The van der Waals surface area contributed by atoms with E-state index in [0.29, 0.717) is 5.92 Å². The Bertz CT molecular complexity index is 787. The van der Waals surface area contributed by atoms with Crippen molar-refractivity contribution in [3.05, 3.63) is 45.5 Å². The van der Waals surface area contributed by atoms with Crippen molar-refractivity contribution in [3.8, 4) is 0 Å². The maximum atomic E-state index is 12.8. The molecular weight excluding hydrogens is 414 g/mol. The average Bonchev–Trinajstić information content (AvgIpc) is 2.81. The van der Waals surface area contributed by atoms with E-state index in [-0.39, 0.29) is 8.76 Å². The Hall–Kier alpha value is -0.730. The van der Waals surface area contributed by atoms with Gasteiger partial charge in [-0.25, -0.2) is 0 Å². The van der Waals surface area contributed by atoms with Gasteiger partial charge in [-0.1, -0.05) is 0 Å². The normalized spacial score (nSPS) is 17.5. The molecule has 0 radical (unpaired) electrons. The fraction of sp³-hybridized carbons (Fsp3) is 0.500. The Balaban J connectivity index is 0.00000364. The summed E-state index contributed by atoms with van der Waals surface area (Å²) in [5.41, 5.74) is 9.22. The molecule has 0 heterocycles. The van der Waals surface area contributed by atoms with Crippen molar-refractivity contribution < 1.29 is 32.7 Å². The Labute approximate surface area is 179 Å². The molecule has 0 saturated carbocycles. The van der Waals surface area contributed by atoms with Gasteiger partial charge >= 0.3 is 177 Å². The second-order valence-corrected chi connectivity index (χ2v) is 11.3. The van der Waals surface area contributed by atoms with Crippen molar-refractivity contribution in [2.45, 2.75) is 67.0 Å². The fourth-order valence-corrected chi connectivity index (χ4v) is 6.42. The van der Waals surface area contributed by atoms with Gasteiger partial charge in [0.2, 0.25) is 0 Å². The Morgan fingerprint density at radius 3 is 2.35 bits per heavy atom. The summed E-state index contributed by atoms with van der Waals surface area (Å²) in [5, 5.41) is 1.51. The topological polar surface area (TPSA) is 29.1 Å². The molecule has 1 aliphatic carbocycles. The van der Waals surface area contributed by atoms with Crippen LogP contribution >= 0.6 is 0 Å². The van der Waals surface area contributed by atoms with E-state index in [0.717, 1.165) is 37.0 Å². The molecule has 1 aromatic rings.